The molecule has 0 saturated heterocycles. The zero-order chi connectivity index (χ0) is 11.5. The molecular formula is C12H19NO2. The summed E-state index contributed by atoms with van der Waals surface area (Å²) >= 11 is 0. The van der Waals surface area contributed by atoms with E-state index in [-0.39, 0.29) is 6.04 Å². The van der Waals surface area contributed by atoms with E-state index in [0.717, 1.165) is 19.3 Å². The average molecular weight is 209 g/mol. The van der Waals surface area contributed by atoms with Crippen molar-refractivity contribution in [3.63, 3.8) is 0 Å². The Kier molecular flexibility index (Phi) is 8.15. The third kappa shape index (κ3) is 7.55. The van der Waals surface area contributed by atoms with E-state index < -0.39 is 6.09 Å². The van der Waals surface area contributed by atoms with Gasteiger partial charge in [-0.25, -0.2) is 4.79 Å². The van der Waals surface area contributed by atoms with Gasteiger partial charge in [-0.05, 0) is 19.3 Å². The van der Waals surface area contributed by atoms with Crippen molar-refractivity contribution >= 4 is 6.09 Å². The number of hydrogen-bond acceptors (Lipinski definition) is 2. The molecule has 3 nitrogen and oxygen atoms in total. The van der Waals surface area contributed by atoms with Crippen molar-refractivity contribution in [3.8, 4) is 0 Å². The van der Waals surface area contributed by atoms with Crippen molar-refractivity contribution in [2.75, 3.05) is 7.11 Å². The summed E-state index contributed by atoms with van der Waals surface area (Å²) in [5.41, 5.74) is 0. The first kappa shape index (κ1) is 13.5. The number of alkyl carbamates (subject to hydrolysis) is 1. The molecular weight excluding hydrogens is 190 g/mol. The molecule has 0 rings (SSSR count). The first-order chi connectivity index (χ1) is 7.24. The van der Waals surface area contributed by atoms with E-state index in [9.17, 15) is 4.79 Å². The molecule has 0 radical (unpaired) electrons. The van der Waals surface area contributed by atoms with Crippen LogP contribution in [0, 0.1) is 0 Å². The minimum Gasteiger partial charge on any atom is -0.453 e. The second-order valence-electron chi connectivity index (χ2n) is 3.06. The van der Waals surface area contributed by atoms with Crippen LogP contribution in [0.25, 0.3) is 0 Å². The number of hydrogen-bond donors (Lipinski definition) is 1. The van der Waals surface area contributed by atoms with Crippen LogP contribution in [0.5, 0.6) is 0 Å². The summed E-state index contributed by atoms with van der Waals surface area (Å²) in [5, 5.41) is 2.73. The number of ether oxygens (including phenoxy) is 1. The lowest BCUT2D eigenvalue weighted by molar-refractivity contribution is 0.168. The van der Waals surface area contributed by atoms with Crippen LogP contribution >= 0.6 is 0 Å². The highest BCUT2D eigenvalue weighted by molar-refractivity contribution is 5.67. The molecule has 1 atom stereocenters. The Balaban J connectivity index is 4.09. The summed E-state index contributed by atoms with van der Waals surface area (Å²) in [4.78, 5) is 11.0. The zero-order valence-electron chi connectivity index (χ0n) is 9.24. The molecule has 3 heteroatoms. The fourth-order valence-corrected chi connectivity index (χ4v) is 1.06. The van der Waals surface area contributed by atoms with Gasteiger partial charge in [0, 0.05) is 0 Å². The molecule has 0 aliphatic carbocycles. The third-order valence-corrected chi connectivity index (χ3v) is 1.84. The molecule has 0 aromatic carbocycles. The van der Waals surface area contributed by atoms with Gasteiger partial charge in [0.15, 0.2) is 0 Å². The highest BCUT2D eigenvalue weighted by Crippen LogP contribution is 2.01. The van der Waals surface area contributed by atoms with E-state index in [1.54, 1.807) is 6.08 Å². The van der Waals surface area contributed by atoms with E-state index >= 15 is 0 Å². The van der Waals surface area contributed by atoms with Crippen LogP contribution in [0.1, 0.15) is 19.3 Å². The van der Waals surface area contributed by atoms with E-state index in [4.69, 9.17) is 0 Å². The Hall–Kier alpha value is -1.51. The van der Waals surface area contributed by atoms with Gasteiger partial charge in [0.25, 0.3) is 0 Å². The van der Waals surface area contributed by atoms with Gasteiger partial charge < -0.3 is 10.1 Å². The van der Waals surface area contributed by atoms with Gasteiger partial charge in [0.1, 0.15) is 0 Å². The Morgan fingerprint density at radius 1 is 1.47 bits per heavy atom. The number of allylic oxidation sites excluding steroid dienone is 3. The Morgan fingerprint density at radius 2 is 2.20 bits per heavy atom. The van der Waals surface area contributed by atoms with Crippen molar-refractivity contribution in [1.29, 1.82) is 0 Å². The van der Waals surface area contributed by atoms with Gasteiger partial charge in [0.2, 0.25) is 0 Å². The molecule has 0 fully saturated rings. The van der Waals surface area contributed by atoms with Gasteiger partial charge in [-0.3, -0.25) is 0 Å². The molecule has 0 aromatic rings. The molecule has 0 saturated carbocycles. The maximum Gasteiger partial charge on any atom is 0.407 e. The van der Waals surface area contributed by atoms with E-state index in [0.29, 0.717) is 0 Å². The Labute approximate surface area is 91.5 Å². The number of amides is 1. The van der Waals surface area contributed by atoms with Crippen LogP contribution in [0.3, 0.4) is 0 Å². The van der Waals surface area contributed by atoms with Gasteiger partial charge in [0.05, 0.1) is 13.2 Å². The topological polar surface area (TPSA) is 38.3 Å². The second kappa shape index (κ2) is 9.06. The van der Waals surface area contributed by atoms with Crippen molar-refractivity contribution in [2.24, 2.45) is 0 Å². The minimum absolute atomic E-state index is 0.00426. The van der Waals surface area contributed by atoms with Gasteiger partial charge in [-0.1, -0.05) is 24.3 Å². The predicted octanol–water partition coefficient (Wildman–Crippen LogP) is 2.81. The van der Waals surface area contributed by atoms with Crippen LogP contribution in [-0.2, 0) is 4.74 Å². The molecule has 1 amide bonds. The highest BCUT2D eigenvalue weighted by atomic mass is 16.5. The fourth-order valence-electron chi connectivity index (χ4n) is 1.06. The largest absolute Gasteiger partial charge is 0.453 e. The standard InChI is InChI=1S/C12H19NO2/c1-4-6-8-10-11(9-7-5-2)13-12(14)15-3/h4-5,8,10-11H,1-2,6-7,9H2,3H3,(H,13,14)/b10-8-. The molecule has 0 heterocycles. The summed E-state index contributed by atoms with van der Waals surface area (Å²) in [6.07, 6.45) is 9.62. The van der Waals surface area contributed by atoms with Crippen molar-refractivity contribution < 1.29 is 9.53 Å². The van der Waals surface area contributed by atoms with E-state index in [1.165, 1.54) is 7.11 Å². The molecule has 0 aliphatic heterocycles. The van der Waals surface area contributed by atoms with Crippen LogP contribution < -0.4 is 5.32 Å². The van der Waals surface area contributed by atoms with Crippen LogP contribution in [0.15, 0.2) is 37.5 Å². The van der Waals surface area contributed by atoms with Crippen molar-refractivity contribution in [3.05, 3.63) is 37.5 Å². The summed E-state index contributed by atoms with van der Waals surface area (Å²) in [6, 6.07) is -0.00426. The molecule has 0 aliphatic rings. The maximum absolute atomic E-state index is 11.0. The zero-order valence-corrected chi connectivity index (χ0v) is 9.24. The molecule has 0 spiro atoms. The van der Waals surface area contributed by atoms with Crippen molar-refractivity contribution in [1.82, 2.24) is 5.32 Å². The fraction of sp³-hybridized carbons (Fsp3) is 0.417. The molecule has 0 bridgehead atoms. The van der Waals surface area contributed by atoms with Crippen LogP contribution in [-0.4, -0.2) is 19.2 Å². The third-order valence-electron chi connectivity index (χ3n) is 1.84. The summed E-state index contributed by atoms with van der Waals surface area (Å²) in [5.74, 6) is 0. The smallest absolute Gasteiger partial charge is 0.407 e. The van der Waals surface area contributed by atoms with Gasteiger partial charge in [-0.2, -0.15) is 0 Å². The van der Waals surface area contributed by atoms with Gasteiger partial charge >= 0.3 is 6.09 Å². The SMILES string of the molecule is C=CC/C=C\C(CCC=C)NC(=O)OC. The lowest BCUT2D eigenvalue weighted by atomic mass is 10.1. The predicted molar refractivity (Wildman–Crippen MR) is 62.7 cm³/mol. The van der Waals surface area contributed by atoms with Crippen LogP contribution in [0.4, 0.5) is 4.79 Å². The monoisotopic (exact) mass is 209 g/mol. The number of rotatable bonds is 7. The Morgan fingerprint density at radius 3 is 2.73 bits per heavy atom. The summed E-state index contributed by atoms with van der Waals surface area (Å²) in [7, 11) is 1.35. The molecule has 84 valence electrons. The minimum atomic E-state index is -0.410. The summed E-state index contributed by atoms with van der Waals surface area (Å²) < 4.78 is 4.54. The molecule has 0 aromatic heterocycles. The normalized spacial score (nSPS) is 12.1. The van der Waals surface area contributed by atoms with Gasteiger partial charge in [-0.15, -0.1) is 13.2 Å². The highest BCUT2D eigenvalue weighted by Gasteiger charge is 2.07. The number of nitrogens with one attached hydrogen (secondary N) is 1. The number of carbonyl (C=O) groups excluding carboxylic acids is 1. The van der Waals surface area contributed by atoms with E-state index in [1.807, 2.05) is 18.2 Å². The van der Waals surface area contributed by atoms with Crippen molar-refractivity contribution in [2.45, 2.75) is 25.3 Å². The van der Waals surface area contributed by atoms with Crippen LogP contribution in [0.2, 0.25) is 0 Å². The number of carbonyl (C=O) groups is 1. The second-order valence-corrected chi connectivity index (χ2v) is 3.06. The Bertz CT molecular complexity index is 234. The first-order valence-corrected chi connectivity index (χ1v) is 4.97. The quantitative estimate of drug-likeness (QED) is 0.655. The molecule has 1 N–H and O–H groups in total. The number of methoxy groups -OCH3 is 1. The lowest BCUT2D eigenvalue weighted by Gasteiger charge is -2.12. The molecule has 1 unspecified atom stereocenters. The van der Waals surface area contributed by atoms with E-state index in [2.05, 4.69) is 23.2 Å². The lowest BCUT2D eigenvalue weighted by Crippen LogP contribution is -2.33. The maximum atomic E-state index is 11.0. The first-order valence-electron chi connectivity index (χ1n) is 4.97. The average Bonchev–Trinajstić information content (AvgIpc) is 2.25. The molecule has 15 heavy (non-hydrogen) atoms. The summed E-state index contributed by atoms with van der Waals surface area (Å²) in [6.45, 7) is 7.26.